The Morgan fingerprint density at radius 3 is 2.45 bits per heavy atom. The number of carbonyl (C=O) groups is 2. The number of alkyl carbamates (subject to hydrolysis) is 1. The van der Waals surface area contributed by atoms with Crippen molar-refractivity contribution in [2.45, 2.75) is 46.1 Å². The fourth-order valence-corrected chi connectivity index (χ4v) is 1.89. The zero-order valence-electron chi connectivity index (χ0n) is 13.9. The lowest BCUT2D eigenvalue weighted by Gasteiger charge is -2.19. The molecule has 0 aliphatic carbocycles. The maximum absolute atomic E-state index is 11.8. The normalized spacial score (nSPS) is 10.9. The SMILES string of the molecule is Cc1cccc(CC(=O)NCCCNC(=O)OC(C)(C)C)c1. The number of aryl methyl sites for hydroxylation is 1. The molecule has 0 radical (unpaired) electrons. The highest BCUT2D eigenvalue weighted by Gasteiger charge is 2.15. The first-order valence-corrected chi connectivity index (χ1v) is 7.55. The minimum absolute atomic E-state index is 0.0112. The van der Waals surface area contributed by atoms with E-state index in [-0.39, 0.29) is 5.91 Å². The van der Waals surface area contributed by atoms with Crippen molar-refractivity contribution < 1.29 is 14.3 Å². The molecule has 2 amide bonds. The van der Waals surface area contributed by atoms with Crippen LogP contribution < -0.4 is 10.6 Å². The van der Waals surface area contributed by atoms with Crippen LogP contribution in [0.4, 0.5) is 4.79 Å². The second-order valence-electron chi connectivity index (χ2n) is 6.30. The molecule has 0 atom stereocenters. The molecule has 1 aromatic carbocycles. The number of rotatable bonds is 6. The molecule has 5 heteroatoms. The predicted octanol–water partition coefficient (Wildman–Crippen LogP) is 2.57. The molecule has 122 valence electrons. The van der Waals surface area contributed by atoms with Gasteiger partial charge >= 0.3 is 6.09 Å². The molecule has 0 saturated heterocycles. The number of nitrogens with one attached hydrogen (secondary N) is 2. The van der Waals surface area contributed by atoms with E-state index in [2.05, 4.69) is 10.6 Å². The summed E-state index contributed by atoms with van der Waals surface area (Å²) in [6, 6.07) is 7.90. The lowest BCUT2D eigenvalue weighted by molar-refractivity contribution is -0.120. The maximum atomic E-state index is 11.8. The molecule has 2 N–H and O–H groups in total. The molecule has 0 spiro atoms. The first-order chi connectivity index (χ1) is 10.3. The van der Waals surface area contributed by atoms with Crippen molar-refractivity contribution >= 4 is 12.0 Å². The van der Waals surface area contributed by atoms with Gasteiger partial charge in [-0.3, -0.25) is 4.79 Å². The van der Waals surface area contributed by atoms with Crippen molar-refractivity contribution in [1.82, 2.24) is 10.6 Å². The van der Waals surface area contributed by atoms with Gasteiger partial charge in [0.2, 0.25) is 5.91 Å². The summed E-state index contributed by atoms with van der Waals surface area (Å²) in [6.07, 6.45) is 0.610. The second-order valence-corrected chi connectivity index (χ2v) is 6.30. The van der Waals surface area contributed by atoms with Gasteiger partial charge in [0.25, 0.3) is 0 Å². The average molecular weight is 306 g/mol. The van der Waals surface area contributed by atoms with Gasteiger partial charge in [-0.05, 0) is 39.7 Å². The van der Waals surface area contributed by atoms with Gasteiger partial charge in [-0.2, -0.15) is 0 Å². The van der Waals surface area contributed by atoms with Crippen LogP contribution in [0, 0.1) is 6.92 Å². The fraction of sp³-hybridized carbons (Fsp3) is 0.529. The van der Waals surface area contributed by atoms with Crippen LogP contribution in [0.5, 0.6) is 0 Å². The summed E-state index contributed by atoms with van der Waals surface area (Å²) < 4.78 is 5.12. The lowest BCUT2D eigenvalue weighted by Crippen LogP contribution is -2.34. The third-order valence-corrected chi connectivity index (χ3v) is 2.79. The van der Waals surface area contributed by atoms with Crippen molar-refractivity contribution in [3.8, 4) is 0 Å². The first-order valence-electron chi connectivity index (χ1n) is 7.55. The molecule has 0 saturated carbocycles. The summed E-state index contributed by atoms with van der Waals surface area (Å²) in [4.78, 5) is 23.2. The van der Waals surface area contributed by atoms with Crippen LogP contribution in [0.2, 0.25) is 0 Å². The Morgan fingerprint density at radius 1 is 1.14 bits per heavy atom. The molecule has 0 aliphatic rings. The quantitative estimate of drug-likeness (QED) is 0.794. The van der Waals surface area contributed by atoms with Crippen LogP contribution in [0.3, 0.4) is 0 Å². The van der Waals surface area contributed by atoms with Crippen LogP contribution in [-0.2, 0) is 16.0 Å². The van der Waals surface area contributed by atoms with Gasteiger partial charge in [0, 0.05) is 13.1 Å². The highest BCUT2D eigenvalue weighted by molar-refractivity contribution is 5.78. The first kappa shape index (κ1) is 18.0. The summed E-state index contributed by atoms with van der Waals surface area (Å²) in [5.41, 5.74) is 1.66. The predicted molar refractivity (Wildman–Crippen MR) is 86.7 cm³/mol. The Bertz CT molecular complexity index is 507. The topological polar surface area (TPSA) is 67.4 Å². The Kier molecular flexibility index (Phi) is 6.89. The van der Waals surface area contributed by atoms with E-state index in [0.29, 0.717) is 25.9 Å². The third kappa shape index (κ3) is 8.29. The molecular formula is C17H26N2O3. The highest BCUT2D eigenvalue weighted by atomic mass is 16.6. The summed E-state index contributed by atoms with van der Waals surface area (Å²) in [5, 5.41) is 5.50. The molecular weight excluding hydrogens is 280 g/mol. The van der Waals surface area contributed by atoms with Gasteiger partial charge in [-0.15, -0.1) is 0 Å². The van der Waals surface area contributed by atoms with E-state index < -0.39 is 11.7 Å². The van der Waals surface area contributed by atoms with Gasteiger partial charge in [0.1, 0.15) is 5.60 Å². The number of ether oxygens (including phenoxy) is 1. The van der Waals surface area contributed by atoms with E-state index in [1.54, 1.807) is 0 Å². The summed E-state index contributed by atoms with van der Waals surface area (Å²) in [5.74, 6) is -0.0112. The highest BCUT2D eigenvalue weighted by Crippen LogP contribution is 2.06. The average Bonchev–Trinajstić information content (AvgIpc) is 2.36. The maximum Gasteiger partial charge on any atom is 0.407 e. The Morgan fingerprint density at radius 2 is 1.82 bits per heavy atom. The van der Waals surface area contributed by atoms with Crippen LogP contribution in [0.15, 0.2) is 24.3 Å². The molecule has 22 heavy (non-hydrogen) atoms. The standard InChI is InChI=1S/C17H26N2O3/c1-13-7-5-8-14(11-13)12-15(20)18-9-6-10-19-16(21)22-17(2,3)4/h5,7-8,11H,6,9-10,12H2,1-4H3,(H,18,20)(H,19,21). The molecule has 0 aliphatic heterocycles. The molecule has 5 nitrogen and oxygen atoms in total. The van der Waals surface area contributed by atoms with Crippen molar-refractivity contribution in [1.29, 1.82) is 0 Å². The Hall–Kier alpha value is -2.04. The Balaban J connectivity index is 2.14. The molecule has 0 fully saturated rings. The van der Waals surface area contributed by atoms with E-state index in [4.69, 9.17) is 4.74 Å². The van der Waals surface area contributed by atoms with Gasteiger partial charge in [0.15, 0.2) is 0 Å². The van der Waals surface area contributed by atoms with Gasteiger partial charge in [-0.1, -0.05) is 29.8 Å². The molecule has 0 bridgehead atoms. The third-order valence-electron chi connectivity index (χ3n) is 2.79. The number of benzene rings is 1. The zero-order valence-corrected chi connectivity index (χ0v) is 13.9. The van der Waals surface area contributed by atoms with E-state index in [1.807, 2.05) is 52.0 Å². The van der Waals surface area contributed by atoms with E-state index in [1.165, 1.54) is 0 Å². The van der Waals surface area contributed by atoms with E-state index >= 15 is 0 Å². The fourth-order valence-electron chi connectivity index (χ4n) is 1.89. The van der Waals surface area contributed by atoms with Crippen molar-refractivity contribution in [2.75, 3.05) is 13.1 Å². The van der Waals surface area contributed by atoms with Crippen LogP contribution >= 0.6 is 0 Å². The van der Waals surface area contributed by atoms with Gasteiger partial charge < -0.3 is 15.4 Å². The van der Waals surface area contributed by atoms with E-state index in [0.717, 1.165) is 11.1 Å². The lowest BCUT2D eigenvalue weighted by atomic mass is 10.1. The number of hydrogen-bond donors (Lipinski definition) is 2. The number of carbonyl (C=O) groups excluding carboxylic acids is 2. The van der Waals surface area contributed by atoms with Gasteiger partial charge in [-0.25, -0.2) is 4.79 Å². The largest absolute Gasteiger partial charge is 0.444 e. The van der Waals surface area contributed by atoms with E-state index in [9.17, 15) is 9.59 Å². The molecule has 0 aromatic heterocycles. The minimum Gasteiger partial charge on any atom is -0.444 e. The smallest absolute Gasteiger partial charge is 0.407 e. The molecule has 0 unspecified atom stereocenters. The van der Waals surface area contributed by atoms with Gasteiger partial charge in [0.05, 0.1) is 6.42 Å². The summed E-state index contributed by atoms with van der Waals surface area (Å²) in [7, 11) is 0. The number of amides is 2. The molecule has 1 aromatic rings. The monoisotopic (exact) mass is 306 g/mol. The van der Waals surface area contributed by atoms with Crippen LogP contribution in [0.25, 0.3) is 0 Å². The summed E-state index contributed by atoms with van der Waals surface area (Å²) in [6.45, 7) is 8.46. The Labute approximate surface area is 132 Å². The van der Waals surface area contributed by atoms with Crippen LogP contribution in [0.1, 0.15) is 38.3 Å². The summed E-state index contributed by atoms with van der Waals surface area (Å²) >= 11 is 0. The van der Waals surface area contributed by atoms with Crippen LogP contribution in [-0.4, -0.2) is 30.7 Å². The minimum atomic E-state index is -0.494. The zero-order chi connectivity index (χ0) is 16.6. The molecule has 1 rings (SSSR count). The molecule has 0 heterocycles. The van der Waals surface area contributed by atoms with Crippen molar-refractivity contribution in [3.05, 3.63) is 35.4 Å². The van der Waals surface area contributed by atoms with Crippen molar-refractivity contribution in [2.24, 2.45) is 0 Å². The second kappa shape index (κ2) is 8.41. The number of hydrogen-bond acceptors (Lipinski definition) is 3. The van der Waals surface area contributed by atoms with Crippen molar-refractivity contribution in [3.63, 3.8) is 0 Å².